The third-order valence-corrected chi connectivity index (χ3v) is 3.54. The van der Waals surface area contributed by atoms with Crippen LogP contribution >= 0.6 is 0 Å². The second-order valence-corrected chi connectivity index (χ2v) is 4.65. The first kappa shape index (κ1) is 14.7. The fourth-order valence-corrected chi connectivity index (χ4v) is 2.55. The first-order valence-electron chi connectivity index (χ1n) is 6.48. The van der Waals surface area contributed by atoms with Crippen molar-refractivity contribution in [2.75, 3.05) is 14.2 Å². The van der Waals surface area contributed by atoms with Crippen molar-refractivity contribution in [1.82, 2.24) is 0 Å². The Labute approximate surface area is 108 Å². The highest BCUT2D eigenvalue weighted by atomic mass is 16.5. The summed E-state index contributed by atoms with van der Waals surface area (Å²) in [5.74, 6) is -1.37. The summed E-state index contributed by atoms with van der Waals surface area (Å²) in [4.78, 5) is 23.7. The fraction of sp³-hybridized carbons (Fsp3) is 0.714. The van der Waals surface area contributed by atoms with E-state index in [1.165, 1.54) is 14.2 Å². The molecule has 0 amide bonds. The lowest BCUT2D eigenvalue weighted by molar-refractivity contribution is -0.159. The molecular formula is C14H22O4. The van der Waals surface area contributed by atoms with Crippen molar-refractivity contribution >= 4 is 11.9 Å². The second-order valence-electron chi connectivity index (χ2n) is 4.65. The van der Waals surface area contributed by atoms with Crippen molar-refractivity contribution in [2.24, 2.45) is 17.8 Å². The maximum atomic E-state index is 11.9. The van der Waals surface area contributed by atoms with Crippen LogP contribution in [0.15, 0.2) is 12.2 Å². The van der Waals surface area contributed by atoms with Crippen LogP contribution in [-0.2, 0) is 19.1 Å². The Morgan fingerprint density at radius 2 is 1.89 bits per heavy atom. The zero-order valence-electron chi connectivity index (χ0n) is 11.3. The van der Waals surface area contributed by atoms with Crippen LogP contribution in [0.25, 0.3) is 0 Å². The van der Waals surface area contributed by atoms with E-state index in [2.05, 4.69) is 6.92 Å². The maximum Gasteiger partial charge on any atom is 0.310 e. The van der Waals surface area contributed by atoms with Crippen molar-refractivity contribution in [1.29, 1.82) is 0 Å². The maximum absolute atomic E-state index is 11.9. The summed E-state index contributed by atoms with van der Waals surface area (Å²) in [6, 6.07) is 0. The molecule has 0 aromatic carbocycles. The summed E-state index contributed by atoms with van der Waals surface area (Å²) < 4.78 is 9.63. The molecular weight excluding hydrogens is 232 g/mol. The van der Waals surface area contributed by atoms with Crippen LogP contribution in [0, 0.1) is 17.8 Å². The number of esters is 2. The quantitative estimate of drug-likeness (QED) is 0.558. The SMILES string of the molecule is CCCC[C@@H]1C=CC[C@H](C(=O)OC)[C@@H]1C(=O)OC. The second kappa shape index (κ2) is 7.19. The molecule has 0 aromatic rings. The largest absolute Gasteiger partial charge is 0.469 e. The third kappa shape index (κ3) is 3.34. The normalized spacial score (nSPS) is 26.7. The van der Waals surface area contributed by atoms with Gasteiger partial charge in [0.1, 0.15) is 0 Å². The molecule has 0 heterocycles. The van der Waals surface area contributed by atoms with E-state index in [1.54, 1.807) is 0 Å². The van der Waals surface area contributed by atoms with Gasteiger partial charge in [-0.15, -0.1) is 0 Å². The Hall–Kier alpha value is -1.32. The predicted molar refractivity (Wildman–Crippen MR) is 67.8 cm³/mol. The van der Waals surface area contributed by atoms with Gasteiger partial charge in [-0.2, -0.15) is 0 Å². The number of carbonyl (C=O) groups excluding carboxylic acids is 2. The van der Waals surface area contributed by atoms with Gasteiger partial charge in [-0.25, -0.2) is 0 Å². The van der Waals surface area contributed by atoms with E-state index in [0.29, 0.717) is 6.42 Å². The molecule has 1 aliphatic carbocycles. The van der Waals surface area contributed by atoms with Crippen LogP contribution in [0.1, 0.15) is 32.6 Å². The summed E-state index contributed by atoms with van der Waals surface area (Å²) >= 11 is 0. The van der Waals surface area contributed by atoms with Gasteiger partial charge < -0.3 is 9.47 Å². The molecule has 18 heavy (non-hydrogen) atoms. The van der Waals surface area contributed by atoms with E-state index in [1.807, 2.05) is 12.2 Å². The lowest BCUT2D eigenvalue weighted by atomic mass is 9.74. The molecule has 3 atom stereocenters. The van der Waals surface area contributed by atoms with Gasteiger partial charge in [0.15, 0.2) is 0 Å². The molecule has 0 saturated heterocycles. The van der Waals surface area contributed by atoms with Crippen molar-refractivity contribution in [3.8, 4) is 0 Å². The highest BCUT2D eigenvalue weighted by Gasteiger charge is 2.40. The molecule has 0 aromatic heterocycles. The molecule has 0 bridgehead atoms. The average Bonchev–Trinajstić information content (AvgIpc) is 2.42. The number of allylic oxidation sites excluding steroid dienone is 2. The number of rotatable bonds is 5. The number of hydrogen-bond acceptors (Lipinski definition) is 4. The number of unbranched alkanes of at least 4 members (excludes halogenated alkanes) is 1. The van der Waals surface area contributed by atoms with Crippen LogP contribution in [0.3, 0.4) is 0 Å². The van der Waals surface area contributed by atoms with E-state index in [0.717, 1.165) is 19.3 Å². The predicted octanol–water partition coefficient (Wildman–Crippen LogP) is 2.33. The highest BCUT2D eigenvalue weighted by molar-refractivity contribution is 5.83. The van der Waals surface area contributed by atoms with Crippen LogP contribution in [-0.4, -0.2) is 26.2 Å². The van der Waals surface area contributed by atoms with Gasteiger partial charge in [-0.1, -0.05) is 31.9 Å². The molecule has 0 radical (unpaired) electrons. The highest BCUT2D eigenvalue weighted by Crippen LogP contribution is 2.35. The molecule has 1 rings (SSSR count). The molecule has 4 heteroatoms. The Morgan fingerprint density at radius 1 is 1.22 bits per heavy atom. The van der Waals surface area contributed by atoms with Gasteiger partial charge in [-0.3, -0.25) is 9.59 Å². The molecule has 0 fully saturated rings. The Morgan fingerprint density at radius 3 is 2.44 bits per heavy atom. The molecule has 0 spiro atoms. The molecule has 1 aliphatic rings. The summed E-state index contributed by atoms with van der Waals surface area (Å²) in [5.41, 5.74) is 0. The minimum Gasteiger partial charge on any atom is -0.469 e. The third-order valence-electron chi connectivity index (χ3n) is 3.54. The minimum absolute atomic E-state index is 0.0789. The Kier molecular flexibility index (Phi) is 5.89. The lowest BCUT2D eigenvalue weighted by Crippen LogP contribution is -2.38. The van der Waals surface area contributed by atoms with Gasteiger partial charge in [0.2, 0.25) is 0 Å². The zero-order chi connectivity index (χ0) is 13.5. The van der Waals surface area contributed by atoms with E-state index >= 15 is 0 Å². The van der Waals surface area contributed by atoms with E-state index in [-0.39, 0.29) is 17.9 Å². The fourth-order valence-electron chi connectivity index (χ4n) is 2.55. The van der Waals surface area contributed by atoms with Gasteiger partial charge in [0.05, 0.1) is 26.1 Å². The lowest BCUT2D eigenvalue weighted by Gasteiger charge is -2.31. The first-order chi connectivity index (χ1) is 8.65. The Bertz CT molecular complexity index is 322. The number of hydrogen-bond donors (Lipinski definition) is 0. The summed E-state index contributed by atoms with van der Waals surface area (Å²) in [6.07, 6.45) is 7.57. The monoisotopic (exact) mass is 254 g/mol. The number of methoxy groups -OCH3 is 2. The summed E-state index contributed by atoms with van der Waals surface area (Å²) in [6.45, 7) is 2.11. The van der Waals surface area contributed by atoms with Crippen molar-refractivity contribution in [3.05, 3.63) is 12.2 Å². The van der Waals surface area contributed by atoms with Gasteiger partial charge in [0.25, 0.3) is 0 Å². The molecule has 0 unspecified atom stereocenters. The van der Waals surface area contributed by atoms with Gasteiger partial charge in [0, 0.05) is 0 Å². The van der Waals surface area contributed by atoms with E-state index in [4.69, 9.17) is 9.47 Å². The average molecular weight is 254 g/mol. The molecule has 0 aliphatic heterocycles. The van der Waals surface area contributed by atoms with Crippen LogP contribution in [0.5, 0.6) is 0 Å². The number of carbonyl (C=O) groups is 2. The minimum atomic E-state index is -0.408. The van der Waals surface area contributed by atoms with Gasteiger partial charge in [-0.05, 0) is 18.8 Å². The van der Waals surface area contributed by atoms with E-state index in [9.17, 15) is 9.59 Å². The summed E-state index contributed by atoms with van der Waals surface area (Å²) in [5, 5.41) is 0. The topological polar surface area (TPSA) is 52.6 Å². The summed E-state index contributed by atoms with van der Waals surface area (Å²) in [7, 11) is 2.72. The van der Waals surface area contributed by atoms with Crippen LogP contribution < -0.4 is 0 Å². The molecule has 0 N–H and O–H groups in total. The van der Waals surface area contributed by atoms with Crippen molar-refractivity contribution in [3.63, 3.8) is 0 Å². The van der Waals surface area contributed by atoms with Crippen molar-refractivity contribution < 1.29 is 19.1 Å². The standard InChI is InChI=1S/C14H22O4/c1-4-5-7-10-8-6-9-11(13(15)17-2)12(10)14(16)18-3/h6,8,10-12H,4-5,7,9H2,1-3H3/t10-,11+,12-/m1/s1. The van der Waals surface area contributed by atoms with E-state index < -0.39 is 11.8 Å². The Balaban J connectivity index is 2.88. The molecule has 0 saturated carbocycles. The van der Waals surface area contributed by atoms with Crippen molar-refractivity contribution in [2.45, 2.75) is 32.6 Å². The van der Waals surface area contributed by atoms with Crippen LogP contribution in [0.2, 0.25) is 0 Å². The molecule has 4 nitrogen and oxygen atoms in total. The first-order valence-corrected chi connectivity index (χ1v) is 6.48. The van der Waals surface area contributed by atoms with Gasteiger partial charge >= 0.3 is 11.9 Å². The van der Waals surface area contributed by atoms with Crippen LogP contribution in [0.4, 0.5) is 0 Å². The zero-order valence-corrected chi connectivity index (χ0v) is 11.3. The smallest absolute Gasteiger partial charge is 0.310 e. The number of ether oxygens (including phenoxy) is 2. The molecule has 102 valence electrons.